The molecule has 1 unspecified atom stereocenters. The van der Waals surface area contributed by atoms with Gasteiger partial charge in [0.15, 0.2) is 0 Å². The van der Waals surface area contributed by atoms with Gasteiger partial charge in [-0.05, 0) is 43.0 Å². The number of nitrogen functional groups attached to an aromatic ring is 1. The van der Waals surface area contributed by atoms with E-state index in [0.717, 1.165) is 31.6 Å². The van der Waals surface area contributed by atoms with E-state index in [0.29, 0.717) is 18.0 Å². The zero-order chi connectivity index (χ0) is 18.7. The number of carbonyl (C=O) groups is 2. The molecule has 1 aromatic carbocycles. The minimum atomic E-state index is -0.882. The molecule has 2 saturated heterocycles. The van der Waals surface area contributed by atoms with E-state index in [-0.39, 0.29) is 30.9 Å². The van der Waals surface area contributed by atoms with Crippen molar-refractivity contribution in [1.29, 1.82) is 5.41 Å². The van der Waals surface area contributed by atoms with Crippen molar-refractivity contribution in [3.63, 3.8) is 0 Å². The molecule has 2 fully saturated rings. The number of urea groups is 1. The lowest BCUT2D eigenvalue weighted by Gasteiger charge is -2.38. The number of hydrogen-bond donors (Lipinski definition) is 4. The van der Waals surface area contributed by atoms with Gasteiger partial charge >= 0.3 is 12.0 Å². The molecule has 1 aromatic rings. The van der Waals surface area contributed by atoms with E-state index in [1.54, 1.807) is 4.90 Å². The van der Waals surface area contributed by atoms with Crippen molar-refractivity contribution in [3.8, 4) is 0 Å². The van der Waals surface area contributed by atoms with Crippen LogP contribution in [-0.2, 0) is 4.79 Å². The SMILES string of the molecule is N=C(N)c1ccc(N2CCC(C3CNC(=O)N3CCC(=O)O)CC2)cc1. The summed E-state index contributed by atoms with van der Waals surface area (Å²) in [5, 5.41) is 19.2. The molecule has 0 aromatic heterocycles. The predicted octanol–water partition coefficient (Wildman–Crippen LogP) is 1.06. The van der Waals surface area contributed by atoms with Gasteiger partial charge in [0.05, 0.1) is 12.5 Å². The normalized spacial score (nSPS) is 20.9. The summed E-state index contributed by atoms with van der Waals surface area (Å²) in [7, 11) is 0. The molecule has 0 saturated carbocycles. The van der Waals surface area contributed by atoms with Crippen molar-refractivity contribution in [2.45, 2.75) is 25.3 Å². The first-order valence-corrected chi connectivity index (χ1v) is 8.91. The maximum Gasteiger partial charge on any atom is 0.317 e. The smallest absolute Gasteiger partial charge is 0.317 e. The number of nitrogens with two attached hydrogens (primary N) is 1. The van der Waals surface area contributed by atoms with E-state index in [9.17, 15) is 9.59 Å². The van der Waals surface area contributed by atoms with Crippen LogP contribution in [0.3, 0.4) is 0 Å². The number of hydrogen-bond acceptors (Lipinski definition) is 4. The van der Waals surface area contributed by atoms with Gasteiger partial charge in [-0.1, -0.05) is 0 Å². The number of carbonyl (C=O) groups excluding carboxylic acids is 1. The lowest BCUT2D eigenvalue weighted by Crippen LogP contribution is -2.45. The van der Waals surface area contributed by atoms with E-state index in [4.69, 9.17) is 16.2 Å². The number of carboxylic acid groups (broad SMARTS) is 1. The Bertz CT molecular complexity index is 683. The maximum atomic E-state index is 12.0. The molecule has 1 atom stereocenters. The summed E-state index contributed by atoms with van der Waals surface area (Å²) >= 11 is 0. The number of nitrogens with zero attached hydrogens (tertiary/aromatic N) is 2. The monoisotopic (exact) mass is 359 g/mol. The van der Waals surface area contributed by atoms with Gasteiger partial charge in [-0.3, -0.25) is 10.2 Å². The van der Waals surface area contributed by atoms with Gasteiger partial charge in [0.1, 0.15) is 5.84 Å². The Labute approximate surface area is 152 Å². The molecule has 8 heteroatoms. The summed E-state index contributed by atoms with van der Waals surface area (Å²) in [6.45, 7) is 2.64. The highest BCUT2D eigenvalue weighted by atomic mass is 16.4. The molecule has 2 aliphatic heterocycles. The summed E-state index contributed by atoms with van der Waals surface area (Å²) in [5.41, 5.74) is 7.32. The highest BCUT2D eigenvalue weighted by Crippen LogP contribution is 2.29. The second kappa shape index (κ2) is 7.63. The Morgan fingerprint density at radius 3 is 2.50 bits per heavy atom. The first kappa shape index (κ1) is 18.0. The van der Waals surface area contributed by atoms with Crippen LogP contribution in [0.15, 0.2) is 24.3 Å². The summed E-state index contributed by atoms with van der Waals surface area (Å²) in [6, 6.07) is 7.60. The van der Waals surface area contributed by atoms with E-state index in [2.05, 4.69) is 10.2 Å². The van der Waals surface area contributed by atoms with Crippen LogP contribution in [0.4, 0.5) is 10.5 Å². The molecule has 2 amide bonds. The van der Waals surface area contributed by atoms with E-state index in [1.165, 1.54) is 0 Å². The third-order valence-corrected chi connectivity index (χ3v) is 5.32. The number of piperidine rings is 1. The molecule has 0 radical (unpaired) electrons. The molecule has 0 aliphatic carbocycles. The summed E-state index contributed by atoms with van der Waals surface area (Å²) in [4.78, 5) is 26.8. The number of aliphatic carboxylic acids is 1. The van der Waals surface area contributed by atoms with Crippen molar-refractivity contribution < 1.29 is 14.7 Å². The second-order valence-electron chi connectivity index (χ2n) is 6.88. The van der Waals surface area contributed by atoms with Crippen LogP contribution in [0.25, 0.3) is 0 Å². The number of amidine groups is 1. The Balaban J connectivity index is 1.58. The number of anilines is 1. The number of rotatable bonds is 6. The van der Waals surface area contributed by atoms with E-state index < -0.39 is 5.97 Å². The fourth-order valence-corrected chi connectivity index (χ4v) is 3.85. The van der Waals surface area contributed by atoms with Crippen molar-refractivity contribution in [1.82, 2.24) is 10.2 Å². The molecular formula is C18H25N5O3. The standard InChI is InChI=1S/C18H25N5O3/c19-17(20)13-1-3-14(4-2-13)22-8-5-12(6-9-22)15-11-21-18(26)23(15)10-7-16(24)25/h1-4,12,15H,5-11H2,(H3,19,20)(H,21,26)(H,24,25). The van der Waals surface area contributed by atoms with Gasteiger partial charge in [0, 0.05) is 37.4 Å². The Morgan fingerprint density at radius 1 is 1.27 bits per heavy atom. The number of nitrogens with one attached hydrogen (secondary N) is 2. The molecule has 2 heterocycles. The first-order chi connectivity index (χ1) is 12.5. The van der Waals surface area contributed by atoms with Crippen molar-refractivity contribution in [3.05, 3.63) is 29.8 Å². The van der Waals surface area contributed by atoms with Crippen LogP contribution in [0.1, 0.15) is 24.8 Å². The molecule has 5 N–H and O–H groups in total. The van der Waals surface area contributed by atoms with Crippen LogP contribution in [0, 0.1) is 11.3 Å². The number of amides is 2. The topological polar surface area (TPSA) is 123 Å². The molecule has 0 bridgehead atoms. The highest BCUT2D eigenvalue weighted by molar-refractivity contribution is 5.95. The average Bonchev–Trinajstić information content (AvgIpc) is 3.01. The predicted molar refractivity (Wildman–Crippen MR) is 98.5 cm³/mol. The van der Waals surface area contributed by atoms with E-state index >= 15 is 0 Å². The van der Waals surface area contributed by atoms with Crippen molar-refractivity contribution >= 4 is 23.5 Å². The number of benzene rings is 1. The van der Waals surface area contributed by atoms with Crippen LogP contribution in [-0.4, -0.2) is 60.1 Å². The van der Waals surface area contributed by atoms with Crippen LogP contribution < -0.4 is 16.0 Å². The number of carboxylic acids is 1. The lowest BCUT2D eigenvalue weighted by molar-refractivity contribution is -0.137. The Morgan fingerprint density at radius 2 is 1.92 bits per heavy atom. The third kappa shape index (κ3) is 3.89. The zero-order valence-electron chi connectivity index (χ0n) is 14.6. The van der Waals surface area contributed by atoms with Crippen molar-refractivity contribution in [2.75, 3.05) is 31.1 Å². The van der Waals surface area contributed by atoms with Gasteiger partial charge in [0.2, 0.25) is 0 Å². The molecule has 140 valence electrons. The van der Waals surface area contributed by atoms with Gasteiger partial charge < -0.3 is 26.0 Å². The van der Waals surface area contributed by atoms with Gasteiger partial charge in [-0.25, -0.2) is 4.79 Å². The lowest BCUT2D eigenvalue weighted by atomic mass is 9.88. The summed E-state index contributed by atoms with van der Waals surface area (Å²) in [5.74, 6) is -0.446. The minimum absolute atomic E-state index is 0.0226. The molecular weight excluding hydrogens is 334 g/mol. The largest absolute Gasteiger partial charge is 0.481 e. The fraction of sp³-hybridized carbons (Fsp3) is 0.500. The quantitative estimate of drug-likeness (QED) is 0.447. The Kier molecular flexibility index (Phi) is 5.29. The molecule has 26 heavy (non-hydrogen) atoms. The van der Waals surface area contributed by atoms with Crippen LogP contribution in [0.2, 0.25) is 0 Å². The van der Waals surface area contributed by atoms with E-state index in [1.807, 2.05) is 24.3 Å². The van der Waals surface area contributed by atoms with Crippen LogP contribution >= 0.6 is 0 Å². The van der Waals surface area contributed by atoms with Crippen molar-refractivity contribution in [2.24, 2.45) is 11.7 Å². The average molecular weight is 359 g/mol. The second-order valence-corrected chi connectivity index (χ2v) is 6.88. The fourth-order valence-electron chi connectivity index (χ4n) is 3.85. The van der Waals surface area contributed by atoms with Gasteiger partial charge in [-0.15, -0.1) is 0 Å². The first-order valence-electron chi connectivity index (χ1n) is 8.91. The molecule has 0 spiro atoms. The summed E-state index contributed by atoms with van der Waals surface area (Å²) in [6.07, 6.45) is 1.89. The summed E-state index contributed by atoms with van der Waals surface area (Å²) < 4.78 is 0. The molecule has 8 nitrogen and oxygen atoms in total. The Hall–Kier alpha value is -2.77. The minimum Gasteiger partial charge on any atom is -0.481 e. The molecule has 2 aliphatic rings. The zero-order valence-corrected chi connectivity index (χ0v) is 14.6. The maximum absolute atomic E-state index is 12.0. The van der Waals surface area contributed by atoms with Gasteiger partial charge in [-0.2, -0.15) is 0 Å². The van der Waals surface area contributed by atoms with Gasteiger partial charge in [0.25, 0.3) is 0 Å². The third-order valence-electron chi connectivity index (χ3n) is 5.32. The molecule has 3 rings (SSSR count). The van der Waals surface area contributed by atoms with Crippen LogP contribution in [0.5, 0.6) is 0 Å². The highest BCUT2D eigenvalue weighted by Gasteiger charge is 2.37.